The monoisotopic (exact) mass is 464 g/mol. The normalized spacial score (nSPS) is 17.2. The topological polar surface area (TPSA) is 84.7 Å². The summed E-state index contributed by atoms with van der Waals surface area (Å²) in [7, 11) is -2.75. The number of ether oxygens (including phenoxy) is 1. The molecule has 178 valence electrons. The van der Waals surface area contributed by atoms with Crippen molar-refractivity contribution >= 4 is 5.91 Å². The number of carbonyl (C=O) groups excluding carboxylic acids is 1. The second kappa shape index (κ2) is 10.1. The fourth-order valence-corrected chi connectivity index (χ4v) is 4.57. The standard InChI is InChI=1S/C27H31N3O4/c1-4-5-14-22-28-25(31)23(27(33)30(22)24-18(2)10-9-13-21(24)34-3)26(32)29-16-15-20(17-29)19-11-7-6-8-12-19/h6-13,20,31H,4-5,14-17H2,1-3H3/t20-/m0/s1/i3D3. The molecule has 34 heavy (non-hydrogen) atoms. The molecule has 2 heterocycles. The Morgan fingerprint density at radius 3 is 2.76 bits per heavy atom. The van der Waals surface area contributed by atoms with Crippen LogP contribution in [-0.4, -0.2) is 45.6 Å². The summed E-state index contributed by atoms with van der Waals surface area (Å²) in [5.74, 6) is -0.893. The van der Waals surface area contributed by atoms with Gasteiger partial charge >= 0.3 is 0 Å². The van der Waals surface area contributed by atoms with Gasteiger partial charge in [0.25, 0.3) is 11.5 Å². The third kappa shape index (κ3) is 4.42. The van der Waals surface area contributed by atoms with Crippen LogP contribution in [-0.2, 0) is 6.42 Å². The van der Waals surface area contributed by atoms with Gasteiger partial charge in [0, 0.05) is 25.4 Å². The third-order valence-corrected chi connectivity index (χ3v) is 6.38. The number of benzene rings is 2. The van der Waals surface area contributed by atoms with Crippen LogP contribution in [0, 0.1) is 6.92 Å². The quantitative estimate of drug-likeness (QED) is 0.566. The van der Waals surface area contributed by atoms with E-state index in [-0.39, 0.29) is 23.2 Å². The number of carbonyl (C=O) groups is 1. The summed E-state index contributed by atoms with van der Waals surface area (Å²) in [6, 6.07) is 14.7. The zero-order chi connectivity index (χ0) is 26.7. The van der Waals surface area contributed by atoms with Crippen LogP contribution in [0.4, 0.5) is 0 Å². The smallest absolute Gasteiger partial charge is 0.275 e. The molecule has 7 heteroatoms. The number of aryl methyl sites for hydroxylation is 2. The number of nitrogens with zero attached hydrogens (tertiary/aromatic N) is 3. The fourth-order valence-electron chi connectivity index (χ4n) is 4.57. The Bertz CT molecular complexity index is 1340. The predicted octanol–water partition coefficient (Wildman–Crippen LogP) is 4.23. The Morgan fingerprint density at radius 1 is 1.24 bits per heavy atom. The maximum atomic E-state index is 13.9. The summed E-state index contributed by atoms with van der Waals surface area (Å²) in [4.78, 5) is 33.3. The number of hydrogen-bond donors (Lipinski definition) is 1. The molecule has 4 rings (SSSR count). The molecular weight excluding hydrogens is 430 g/mol. The van der Waals surface area contributed by atoms with Crippen molar-refractivity contribution in [2.24, 2.45) is 0 Å². The minimum atomic E-state index is -2.75. The molecule has 7 nitrogen and oxygen atoms in total. The van der Waals surface area contributed by atoms with E-state index in [2.05, 4.69) is 4.98 Å². The van der Waals surface area contributed by atoms with Crippen LogP contribution in [0.25, 0.3) is 5.69 Å². The van der Waals surface area contributed by atoms with E-state index in [0.717, 1.165) is 18.4 Å². The molecule has 2 aromatic carbocycles. The average molecular weight is 465 g/mol. The second-order valence-corrected chi connectivity index (χ2v) is 8.64. The summed E-state index contributed by atoms with van der Waals surface area (Å²) >= 11 is 0. The summed E-state index contributed by atoms with van der Waals surface area (Å²) in [6.45, 7) is 4.55. The zero-order valence-corrected chi connectivity index (χ0v) is 19.5. The highest BCUT2D eigenvalue weighted by Gasteiger charge is 2.33. The van der Waals surface area contributed by atoms with Crippen LogP contribution in [0.15, 0.2) is 53.3 Å². The van der Waals surface area contributed by atoms with Gasteiger partial charge in [-0.05, 0) is 37.0 Å². The molecule has 1 atom stereocenters. The van der Waals surface area contributed by atoms with Crippen molar-refractivity contribution in [3.63, 3.8) is 0 Å². The molecule has 0 bridgehead atoms. The molecule has 1 aromatic heterocycles. The van der Waals surface area contributed by atoms with Crippen molar-refractivity contribution in [2.45, 2.75) is 45.4 Å². The van der Waals surface area contributed by atoms with Crippen LogP contribution in [0.2, 0.25) is 0 Å². The van der Waals surface area contributed by atoms with E-state index in [1.165, 1.54) is 10.6 Å². The molecule has 1 N–H and O–H groups in total. The molecule has 0 saturated carbocycles. The number of likely N-dealkylation sites (tertiary alicyclic amines) is 1. The van der Waals surface area contributed by atoms with Crippen LogP contribution in [0.3, 0.4) is 0 Å². The van der Waals surface area contributed by atoms with Crippen LogP contribution < -0.4 is 10.3 Å². The van der Waals surface area contributed by atoms with Gasteiger partial charge in [-0.25, -0.2) is 0 Å². The molecule has 3 aromatic rings. The number of methoxy groups -OCH3 is 1. The van der Waals surface area contributed by atoms with Gasteiger partial charge in [0.2, 0.25) is 5.88 Å². The van der Waals surface area contributed by atoms with Gasteiger partial charge in [0.15, 0.2) is 5.56 Å². The lowest BCUT2D eigenvalue weighted by atomic mass is 9.99. The molecular formula is C27H31N3O4. The second-order valence-electron chi connectivity index (χ2n) is 8.64. The van der Waals surface area contributed by atoms with Crippen LogP contribution in [0.1, 0.15) is 63.5 Å². The lowest BCUT2D eigenvalue weighted by molar-refractivity contribution is 0.0784. The summed E-state index contributed by atoms with van der Waals surface area (Å²) in [5.41, 5.74) is 0.685. The maximum Gasteiger partial charge on any atom is 0.275 e. The van der Waals surface area contributed by atoms with E-state index in [4.69, 9.17) is 8.85 Å². The Morgan fingerprint density at radius 2 is 2.03 bits per heavy atom. The van der Waals surface area contributed by atoms with E-state index in [0.29, 0.717) is 31.5 Å². The van der Waals surface area contributed by atoms with Crippen molar-refractivity contribution in [1.29, 1.82) is 0 Å². The summed E-state index contributed by atoms with van der Waals surface area (Å²) < 4.78 is 29.2. The fraction of sp³-hybridized carbons (Fsp3) is 0.370. The van der Waals surface area contributed by atoms with E-state index < -0.39 is 29.9 Å². The van der Waals surface area contributed by atoms with Crippen molar-refractivity contribution in [3.8, 4) is 17.3 Å². The van der Waals surface area contributed by atoms with Gasteiger partial charge in [-0.2, -0.15) is 4.98 Å². The number of hydrogen-bond acceptors (Lipinski definition) is 5. The highest BCUT2D eigenvalue weighted by atomic mass is 16.5. The number of unbranched alkanes of at least 4 members (excludes halogenated alkanes) is 1. The number of amides is 1. The first-order valence-electron chi connectivity index (χ1n) is 13.1. The number of aromatic nitrogens is 2. The molecule has 1 saturated heterocycles. The van der Waals surface area contributed by atoms with Crippen molar-refractivity contribution in [1.82, 2.24) is 14.5 Å². The van der Waals surface area contributed by atoms with Crippen molar-refractivity contribution < 1.29 is 18.8 Å². The lowest BCUT2D eigenvalue weighted by Crippen LogP contribution is -2.37. The summed E-state index contributed by atoms with van der Waals surface area (Å²) in [6.07, 6.45) is 2.56. The Hall–Kier alpha value is -3.61. The minimum Gasteiger partial charge on any atom is -0.495 e. The van der Waals surface area contributed by atoms with Gasteiger partial charge in [-0.3, -0.25) is 14.2 Å². The lowest BCUT2D eigenvalue weighted by Gasteiger charge is -2.21. The maximum absolute atomic E-state index is 13.9. The molecule has 1 amide bonds. The Balaban J connectivity index is 1.81. The molecule has 1 aliphatic rings. The number of rotatable bonds is 7. The third-order valence-electron chi connectivity index (χ3n) is 6.38. The summed E-state index contributed by atoms with van der Waals surface area (Å²) in [5, 5.41) is 10.8. The molecule has 1 fully saturated rings. The van der Waals surface area contributed by atoms with E-state index in [1.54, 1.807) is 24.0 Å². The average Bonchev–Trinajstić information content (AvgIpc) is 3.34. The molecule has 0 aliphatic carbocycles. The van der Waals surface area contributed by atoms with Gasteiger partial charge in [0.05, 0.1) is 16.8 Å². The SMILES string of the molecule is [2H]C([2H])([2H])Oc1cccc(C)c1-n1c(CCCC)nc(O)c(C(=O)N2CC[C@H](c3ccccc3)C2)c1=O. The first kappa shape index (κ1) is 19.8. The zero-order valence-electron chi connectivity index (χ0n) is 22.5. The minimum absolute atomic E-state index is 0.0314. The highest BCUT2D eigenvalue weighted by molar-refractivity contribution is 5.96. The Kier molecular flexibility index (Phi) is 5.90. The van der Waals surface area contributed by atoms with E-state index in [9.17, 15) is 14.7 Å². The molecule has 1 aliphatic heterocycles. The highest BCUT2D eigenvalue weighted by Crippen LogP contribution is 2.30. The van der Waals surface area contributed by atoms with E-state index >= 15 is 0 Å². The largest absolute Gasteiger partial charge is 0.495 e. The predicted molar refractivity (Wildman–Crippen MR) is 131 cm³/mol. The van der Waals surface area contributed by atoms with Gasteiger partial charge in [-0.1, -0.05) is 55.8 Å². The molecule has 0 radical (unpaired) electrons. The van der Waals surface area contributed by atoms with Gasteiger partial charge in [-0.15, -0.1) is 0 Å². The molecule has 0 unspecified atom stereocenters. The molecule has 0 spiro atoms. The number of aromatic hydroxyl groups is 1. The van der Waals surface area contributed by atoms with Gasteiger partial charge in [0.1, 0.15) is 11.6 Å². The number of para-hydroxylation sites is 1. The van der Waals surface area contributed by atoms with Crippen molar-refractivity contribution in [3.05, 3.63) is 81.4 Å². The van der Waals surface area contributed by atoms with E-state index in [1.807, 2.05) is 37.3 Å². The van der Waals surface area contributed by atoms with Crippen LogP contribution >= 0.6 is 0 Å². The first-order chi connectivity index (χ1) is 17.6. The van der Waals surface area contributed by atoms with Gasteiger partial charge < -0.3 is 14.7 Å². The first-order valence-corrected chi connectivity index (χ1v) is 11.6. The van der Waals surface area contributed by atoms with Crippen molar-refractivity contribution in [2.75, 3.05) is 20.1 Å². The van der Waals surface area contributed by atoms with Crippen LogP contribution in [0.5, 0.6) is 11.6 Å². The Labute approximate surface area is 203 Å².